The second-order valence-corrected chi connectivity index (χ2v) is 6.99. The molecule has 1 saturated carbocycles. The van der Waals surface area contributed by atoms with Gasteiger partial charge in [-0.1, -0.05) is 6.07 Å². The fourth-order valence-electron chi connectivity index (χ4n) is 1.86. The predicted molar refractivity (Wildman–Crippen MR) is 78.2 cm³/mol. The average Bonchev–Trinajstić information content (AvgIpc) is 3.13. The summed E-state index contributed by atoms with van der Waals surface area (Å²) in [4.78, 5) is 11.6. The average molecular weight is 297 g/mol. The van der Waals surface area contributed by atoms with Gasteiger partial charge in [0, 0.05) is 25.3 Å². The molecule has 0 saturated heterocycles. The maximum absolute atomic E-state index is 11.5. The Hall–Kier alpha value is -1.76. The molecule has 0 heterocycles. The van der Waals surface area contributed by atoms with Crippen molar-refractivity contribution in [3.8, 4) is 0 Å². The van der Waals surface area contributed by atoms with Crippen LogP contribution in [0.2, 0.25) is 0 Å². The molecule has 0 bridgehead atoms. The summed E-state index contributed by atoms with van der Waals surface area (Å²) in [5.41, 5.74) is 6.56. The first-order valence-electron chi connectivity index (χ1n) is 6.49. The number of hydrogen-bond donors (Lipinski definition) is 3. The van der Waals surface area contributed by atoms with Crippen LogP contribution in [0.3, 0.4) is 0 Å². The zero-order valence-electron chi connectivity index (χ0n) is 11.3. The van der Waals surface area contributed by atoms with Gasteiger partial charge in [0.05, 0.1) is 16.3 Å². The molecule has 0 radical (unpaired) electrons. The van der Waals surface area contributed by atoms with Gasteiger partial charge in [-0.3, -0.25) is 4.79 Å². The molecule has 0 aromatic heterocycles. The van der Waals surface area contributed by atoms with Gasteiger partial charge < -0.3 is 16.4 Å². The van der Waals surface area contributed by atoms with Crippen LogP contribution in [0.25, 0.3) is 0 Å². The lowest BCUT2D eigenvalue weighted by Gasteiger charge is -2.12. The highest BCUT2D eigenvalue weighted by Gasteiger charge is 2.22. The highest BCUT2D eigenvalue weighted by Crippen LogP contribution is 2.26. The van der Waals surface area contributed by atoms with E-state index in [1.54, 1.807) is 12.1 Å². The standard InChI is InChI=1S/C13H19N3O3S/c1-20(18,19)11-4-2-3-10(13(11)14)15-8-7-12(17)16-9-5-6-9/h2-4,9,15H,5-8,14H2,1H3,(H,16,17). The summed E-state index contributed by atoms with van der Waals surface area (Å²) in [6, 6.07) is 5.14. The van der Waals surface area contributed by atoms with Gasteiger partial charge in [-0.05, 0) is 25.0 Å². The molecule has 2 rings (SSSR count). The lowest BCUT2D eigenvalue weighted by molar-refractivity contribution is -0.120. The van der Waals surface area contributed by atoms with Crippen LogP contribution in [0.15, 0.2) is 23.1 Å². The number of nitrogens with two attached hydrogens (primary N) is 1. The van der Waals surface area contributed by atoms with Crippen LogP contribution < -0.4 is 16.4 Å². The third-order valence-electron chi connectivity index (χ3n) is 3.08. The van der Waals surface area contributed by atoms with Gasteiger partial charge in [-0.15, -0.1) is 0 Å². The normalized spacial score (nSPS) is 14.8. The topological polar surface area (TPSA) is 101 Å². The maximum Gasteiger partial charge on any atom is 0.221 e. The van der Waals surface area contributed by atoms with Crippen LogP contribution in [-0.4, -0.2) is 33.2 Å². The lowest BCUT2D eigenvalue weighted by atomic mass is 10.2. The Balaban J connectivity index is 1.94. The molecule has 1 aromatic rings. The first-order valence-corrected chi connectivity index (χ1v) is 8.39. The molecule has 0 atom stereocenters. The predicted octanol–water partition coefficient (Wildman–Crippen LogP) is 0.753. The van der Waals surface area contributed by atoms with Gasteiger partial charge in [-0.25, -0.2) is 8.42 Å². The molecule has 1 aliphatic rings. The lowest BCUT2D eigenvalue weighted by Crippen LogP contribution is -2.27. The molecule has 0 spiro atoms. The summed E-state index contributed by atoms with van der Waals surface area (Å²) in [5.74, 6) is -0.00200. The summed E-state index contributed by atoms with van der Waals surface area (Å²) in [6.45, 7) is 0.413. The number of hydrogen-bond acceptors (Lipinski definition) is 5. The highest BCUT2D eigenvalue weighted by molar-refractivity contribution is 7.90. The van der Waals surface area contributed by atoms with E-state index in [4.69, 9.17) is 5.73 Å². The molecule has 110 valence electrons. The summed E-state index contributed by atoms with van der Waals surface area (Å²) < 4.78 is 23.1. The summed E-state index contributed by atoms with van der Waals surface area (Å²) in [6.07, 6.45) is 3.57. The van der Waals surface area contributed by atoms with Crippen molar-refractivity contribution in [2.45, 2.75) is 30.2 Å². The van der Waals surface area contributed by atoms with E-state index in [-0.39, 0.29) is 16.5 Å². The summed E-state index contributed by atoms with van der Waals surface area (Å²) >= 11 is 0. The molecule has 1 aromatic carbocycles. The number of amides is 1. The first kappa shape index (κ1) is 14.6. The number of rotatable bonds is 6. The third-order valence-corrected chi connectivity index (χ3v) is 4.23. The number of anilines is 2. The van der Waals surface area contributed by atoms with Crippen molar-refractivity contribution in [3.05, 3.63) is 18.2 Å². The molecular formula is C13H19N3O3S. The van der Waals surface area contributed by atoms with E-state index >= 15 is 0 Å². The van der Waals surface area contributed by atoms with Gasteiger partial charge in [0.1, 0.15) is 0 Å². The fourth-order valence-corrected chi connectivity index (χ4v) is 2.69. The molecular weight excluding hydrogens is 278 g/mol. The van der Waals surface area contributed by atoms with E-state index in [0.717, 1.165) is 19.1 Å². The zero-order chi connectivity index (χ0) is 14.8. The number of benzene rings is 1. The quantitative estimate of drug-likeness (QED) is 0.673. The first-order chi connectivity index (χ1) is 9.38. The van der Waals surface area contributed by atoms with E-state index in [1.807, 2.05) is 0 Å². The van der Waals surface area contributed by atoms with Crippen LogP contribution in [0.5, 0.6) is 0 Å². The second-order valence-electron chi connectivity index (χ2n) is 5.01. The van der Waals surface area contributed by atoms with Gasteiger partial charge >= 0.3 is 0 Å². The smallest absolute Gasteiger partial charge is 0.221 e. The van der Waals surface area contributed by atoms with Crippen molar-refractivity contribution < 1.29 is 13.2 Å². The number of nitrogens with one attached hydrogen (secondary N) is 2. The number of carbonyl (C=O) groups is 1. The van der Waals surface area contributed by atoms with Crippen LogP contribution in [0, 0.1) is 0 Å². The Morgan fingerprint density at radius 3 is 2.70 bits per heavy atom. The Bertz CT molecular complexity index is 609. The molecule has 1 amide bonds. The van der Waals surface area contributed by atoms with Crippen molar-refractivity contribution in [1.29, 1.82) is 0 Å². The number of nitrogen functional groups attached to an aromatic ring is 1. The Labute approximate surface area is 118 Å². The molecule has 7 heteroatoms. The van der Waals surface area contributed by atoms with Gasteiger partial charge in [-0.2, -0.15) is 0 Å². The van der Waals surface area contributed by atoms with Gasteiger partial charge in [0.15, 0.2) is 9.84 Å². The van der Waals surface area contributed by atoms with E-state index < -0.39 is 9.84 Å². The zero-order valence-corrected chi connectivity index (χ0v) is 12.2. The van der Waals surface area contributed by atoms with Crippen molar-refractivity contribution in [1.82, 2.24) is 5.32 Å². The van der Waals surface area contributed by atoms with E-state index in [2.05, 4.69) is 10.6 Å². The largest absolute Gasteiger partial charge is 0.396 e. The minimum absolute atomic E-state index is 0.00200. The maximum atomic E-state index is 11.5. The van der Waals surface area contributed by atoms with Crippen LogP contribution in [-0.2, 0) is 14.6 Å². The van der Waals surface area contributed by atoms with Gasteiger partial charge in [0.25, 0.3) is 0 Å². The summed E-state index contributed by atoms with van der Waals surface area (Å²) in [7, 11) is -3.35. The highest BCUT2D eigenvalue weighted by atomic mass is 32.2. The molecule has 6 nitrogen and oxygen atoms in total. The third kappa shape index (κ3) is 3.86. The van der Waals surface area contributed by atoms with E-state index in [1.165, 1.54) is 6.07 Å². The van der Waals surface area contributed by atoms with Crippen LogP contribution >= 0.6 is 0 Å². The van der Waals surface area contributed by atoms with E-state index in [0.29, 0.717) is 24.7 Å². The van der Waals surface area contributed by atoms with Crippen molar-refractivity contribution >= 4 is 27.1 Å². The molecule has 1 aliphatic carbocycles. The Morgan fingerprint density at radius 1 is 1.40 bits per heavy atom. The minimum atomic E-state index is -3.35. The summed E-state index contributed by atoms with van der Waals surface area (Å²) in [5, 5.41) is 5.88. The van der Waals surface area contributed by atoms with Crippen LogP contribution in [0.4, 0.5) is 11.4 Å². The Morgan fingerprint density at radius 2 is 2.10 bits per heavy atom. The van der Waals surface area contributed by atoms with Crippen LogP contribution in [0.1, 0.15) is 19.3 Å². The number of carbonyl (C=O) groups excluding carboxylic acids is 1. The Kier molecular flexibility index (Phi) is 4.17. The van der Waals surface area contributed by atoms with E-state index in [9.17, 15) is 13.2 Å². The van der Waals surface area contributed by atoms with Crippen molar-refractivity contribution in [3.63, 3.8) is 0 Å². The number of sulfone groups is 1. The van der Waals surface area contributed by atoms with Crippen molar-refractivity contribution in [2.75, 3.05) is 23.9 Å². The SMILES string of the molecule is CS(=O)(=O)c1cccc(NCCC(=O)NC2CC2)c1N. The fraction of sp³-hybridized carbons (Fsp3) is 0.462. The molecule has 0 aliphatic heterocycles. The van der Waals surface area contributed by atoms with Gasteiger partial charge in [0.2, 0.25) is 5.91 Å². The monoisotopic (exact) mass is 297 g/mol. The van der Waals surface area contributed by atoms with Crippen molar-refractivity contribution in [2.24, 2.45) is 0 Å². The number of para-hydroxylation sites is 1. The molecule has 20 heavy (non-hydrogen) atoms. The molecule has 1 fully saturated rings. The minimum Gasteiger partial charge on any atom is -0.396 e. The molecule has 0 unspecified atom stereocenters. The second kappa shape index (κ2) is 5.70. The molecule has 4 N–H and O–H groups in total.